The van der Waals surface area contributed by atoms with Crippen LogP contribution >= 0.6 is 0 Å². The predicted octanol–water partition coefficient (Wildman–Crippen LogP) is 1.95. The molecule has 0 fully saturated rings. The maximum absolute atomic E-state index is 13.6. The molecular formula is C10H9F2N3O. The molecule has 0 aliphatic rings. The third-order valence-corrected chi connectivity index (χ3v) is 2.17. The van der Waals surface area contributed by atoms with Gasteiger partial charge in [-0.25, -0.2) is 8.78 Å². The molecule has 1 heterocycles. The van der Waals surface area contributed by atoms with Crippen LogP contribution in [0.25, 0.3) is 11.3 Å². The normalized spacial score (nSPS) is 10.4. The average Bonchev–Trinajstić information content (AvgIpc) is 2.64. The summed E-state index contributed by atoms with van der Waals surface area (Å²) < 4.78 is 32.0. The van der Waals surface area contributed by atoms with Crippen LogP contribution in [-0.2, 0) is 0 Å². The van der Waals surface area contributed by atoms with Crippen molar-refractivity contribution in [3.8, 4) is 17.0 Å². The van der Waals surface area contributed by atoms with Crippen molar-refractivity contribution >= 4 is 5.69 Å². The van der Waals surface area contributed by atoms with Crippen LogP contribution in [0.2, 0.25) is 0 Å². The van der Waals surface area contributed by atoms with Gasteiger partial charge < -0.3 is 10.5 Å². The smallest absolute Gasteiger partial charge is 0.139 e. The van der Waals surface area contributed by atoms with Gasteiger partial charge in [0.15, 0.2) is 0 Å². The number of ether oxygens (including phenoxy) is 1. The van der Waals surface area contributed by atoms with E-state index in [1.54, 1.807) is 0 Å². The SMILES string of the molecule is COc1cc(F)c(-c2[nH]ncc2N)c(F)c1. The highest BCUT2D eigenvalue weighted by Crippen LogP contribution is 2.31. The second kappa shape index (κ2) is 3.80. The van der Waals surface area contributed by atoms with E-state index >= 15 is 0 Å². The molecule has 84 valence electrons. The van der Waals surface area contributed by atoms with Crippen molar-refractivity contribution in [1.29, 1.82) is 0 Å². The van der Waals surface area contributed by atoms with Crippen LogP contribution in [0.5, 0.6) is 5.75 Å². The van der Waals surface area contributed by atoms with Crippen LogP contribution in [0.3, 0.4) is 0 Å². The number of hydrogen-bond acceptors (Lipinski definition) is 3. The number of aromatic nitrogens is 2. The number of H-pyrrole nitrogens is 1. The molecule has 0 saturated heterocycles. The molecule has 6 heteroatoms. The number of nitrogens with zero attached hydrogens (tertiary/aromatic N) is 1. The average molecular weight is 225 g/mol. The summed E-state index contributed by atoms with van der Waals surface area (Å²) in [6, 6.07) is 2.16. The summed E-state index contributed by atoms with van der Waals surface area (Å²) in [4.78, 5) is 0. The maximum atomic E-state index is 13.6. The summed E-state index contributed by atoms with van der Waals surface area (Å²) in [6.07, 6.45) is 1.29. The predicted molar refractivity (Wildman–Crippen MR) is 54.9 cm³/mol. The van der Waals surface area contributed by atoms with E-state index in [4.69, 9.17) is 10.5 Å². The largest absolute Gasteiger partial charge is 0.497 e. The molecule has 0 spiro atoms. The van der Waals surface area contributed by atoms with Crippen LogP contribution < -0.4 is 10.5 Å². The van der Waals surface area contributed by atoms with E-state index in [2.05, 4.69) is 10.2 Å². The van der Waals surface area contributed by atoms with Gasteiger partial charge in [-0.3, -0.25) is 5.10 Å². The molecule has 16 heavy (non-hydrogen) atoms. The highest BCUT2D eigenvalue weighted by Gasteiger charge is 2.17. The van der Waals surface area contributed by atoms with E-state index in [9.17, 15) is 8.78 Å². The minimum Gasteiger partial charge on any atom is -0.497 e. The summed E-state index contributed by atoms with van der Waals surface area (Å²) in [5.41, 5.74) is 5.59. The van der Waals surface area contributed by atoms with E-state index < -0.39 is 11.6 Å². The Labute approximate surface area is 90.0 Å². The first-order valence-corrected chi connectivity index (χ1v) is 4.45. The topological polar surface area (TPSA) is 63.9 Å². The van der Waals surface area contributed by atoms with Gasteiger partial charge in [-0.05, 0) is 0 Å². The zero-order valence-electron chi connectivity index (χ0n) is 8.42. The lowest BCUT2D eigenvalue weighted by molar-refractivity contribution is 0.407. The number of nitrogens with one attached hydrogen (secondary N) is 1. The number of halogens is 2. The highest BCUT2D eigenvalue weighted by molar-refractivity contribution is 5.73. The first-order valence-electron chi connectivity index (χ1n) is 4.45. The van der Waals surface area contributed by atoms with Crippen LogP contribution in [0.1, 0.15) is 0 Å². The zero-order chi connectivity index (χ0) is 11.7. The summed E-state index contributed by atoms with van der Waals surface area (Å²) in [5.74, 6) is -1.41. The van der Waals surface area contributed by atoms with Gasteiger partial charge in [-0.15, -0.1) is 0 Å². The minimum atomic E-state index is -0.757. The molecule has 2 aromatic rings. The number of hydrogen-bond donors (Lipinski definition) is 2. The molecule has 4 nitrogen and oxygen atoms in total. The van der Waals surface area contributed by atoms with Crippen molar-refractivity contribution in [3.05, 3.63) is 30.0 Å². The number of nitrogen functional groups attached to an aromatic ring is 1. The second-order valence-corrected chi connectivity index (χ2v) is 3.17. The zero-order valence-corrected chi connectivity index (χ0v) is 8.42. The van der Waals surface area contributed by atoms with Gasteiger partial charge in [-0.2, -0.15) is 5.10 Å². The lowest BCUT2D eigenvalue weighted by Crippen LogP contribution is -1.96. The molecule has 0 saturated carbocycles. The van der Waals surface area contributed by atoms with Gasteiger partial charge in [0.2, 0.25) is 0 Å². The highest BCUT2D eigenvalue weighted by atomic mass is 19.1. The number of methoxy groups -OCH3 is 1. The first-order chi connectivity index (χ1) is 7.63. The molecule has 0 bridgehead atoms. The Morgan fingerprint density at radius 1 is 1.31 bits per heavy atom. The molecule has 0 radical (unpaired) electrons. The number of nitrogens with two attached hydrogens (primary N) is 1. The van der Waals surface area contributed by atoms with E-state index in [0.29, 0.717) is 0 Å². The molecule has 0 unspecified atom stereocenters. The summed E-state index contributed by atoms with van der Waals surface area (Å²) >= 11 is 0. The summed E-state index contributed by atoms with van der Waals surface area (Å²) in [6.45, 7) is 0. The van der Waals surface area contributed by atoms with Crippen LogP contribution in [-0.4, -0.2) is 17.3 Å². The number of aromatic amines is 1. The van der Waals surface area contributed by atoms with Crippen molar-refractivity contribution in [3.63, 3.8) is 0 Å². The lowest BCUT2D eigenvalue weighted by atomic mass is 10.1. The Morgan fingerprint density at radius 2 is 1.94 bits per heavy atom. The van der Waals surface area contributed by atoms with E-state index in [-0.39, 0.29) is 22.7 Å². The van der Waals surface area contributed by atoms with Crippen molar-refractivity contribution < 1.29 is 13.5 Å². The fourth-order valence-electron chi connectivity index (χ4n) is 1.40. The molecule has 1 aromatic carbocycles. The Morgan fingerprint density at radius 3 is 2.38 bits per heavy atom. The molecule has 0 atom stereocenters. The Balaban J connectivity index is 2.62. The third kappa shape index (κ3) is 1.58. The van der Waals surface area contributed by atoms with Crippen molar-refractivity contribution in [2.45, 2.75) is 0 Å². The van der Waals surface area contributed by atoms with E-state index in [0.717, 1.165) is 12.1 Å². The molecule has 0 aliphatic heterocycles. The van der Waals surface area contributed by atoms with Crippen LogP contribution in [0.4, 0.5) is 14.5 Å². The first kappa shape index (κ1) is 10.4. The molecule has 0 aliphatic carbocycles. The van der Waals surface area contributed by atoms with Crippen molar-refractivity contribution in [2.75, 3.05) is 12.8 Å². The second-order valence-electron chi connectivity index (χ2n) is 3.17. The van der Waals surface area contributed by atoms with Crippen LogP contribution in [0, 0.1) is 11.6 Å². The third-order valence-electron chi connectivity index (χ3n) is 2.17. The van der Waals surface area contributed by atoms with Crippen LogP contribution in [0.15, 0.2) is 18.3 Å². The maximum Gasteiger partial charge on any atom is 0.139 e. The van der Waals surface area contributed by atoms with E-state index in [1.165, 1.54) is 13.3 Å². The van der Waals surface area contributed by atoms with Gasteiger partial charge in [-0.1, -0.05) is 0 Å². The van der Waals surface area contributed by atoms with Crippen molar-refractivity contribution in [2.24, 2.45) is 0 Å². The number of rotatable bonds is 2. The number of anilines is 1. The summed E-state index contributed by atoms with van der Waals surface area (Å²) in [5, 5.41) is 6.05. The molecular weight excluding hydrogens is 216 g/mol. The quantitative estimate of drug-likeness (QED) is 0.820. The monoisotopic (exact) mass is 225 g/mol. The lowest BCUT2D eigenvalue weighted by Gasteiger charge is -2.06. The van der Waals surface area contributed by atoms with Crippen molar-refractivity contribution in [1.82, 2.24) is 10.2 Å². The Bertz CT molecular complexity index is 502. The number of benzene rings is 1. The fraction of sp³-hybridized carbons (Fsp3) is 0.100. The summed E-state index contributed by atoms with van der Waals surface area (Å²) in [7, 11) is 1.33. The van der Waals surface area contributed by atoms with Gasteiger partial charge in [0.05, 0.1) is 30.3 Å². The van der Waals surface area contributed by atoms with E-state index in [1.807, 2.05) is 0 Å². The molecule has 2 rings (SSSR count). The standard InChI is InChI=1S/C10H9F2N3O/c1-16-5-2-6(11)9(7(12)3-5)10-8(13)4-14-15-10/h2-4H,13H2,1H3,(H,14,15). The van der Waals surface area contributed by atoms with Gasteiger partial charge in [0.1, 0.15) is 17.4 Å². The Kier molecular flexibility index (Phi) is 2.47. The molecule has 3 N–H and O–H groups in total. The Hall–Kier alpha value is -2.11. The molecule has 1 aromatic heterocycles. The van der Waals surface area contributed by atoms with Gasteiger partial charge in [0.25, 0.3) is 0 Å². The molecule has 0 amide bonds. The van der Waals surface area contributed by atoms with Gasteiger partial charge in [0, 0.05) is 12.1 Å². The minimum absolute atomic E-state index is 0.108. The fourth-order valence-corrected chi connectivity index (χ4v) is 1.40. The van der Waals surface area contributed by atoms with Gasteiger partial charge >= 0.3 is 0 Å².